The monoisotopic (exact) mass is 358 g/mol. The summed E-state index contributed by atoms with van der Waals surface area (Å²) in [6.07, 6.45) is 0. The van der Waals surface area contributed by atoms with E-state index >= 15 is 0 Å². The first-order valence-corrected chi connectivity index (χ1v) is 8.47. The van der Waals surface area contributed by atoms with E-state index < -0.39 is 0 Å². The maximum absolute atomic E-state index is 12.7. The van der Waals surface area contributed by atoms with E-state index in [0.29, 0.717) is 48.8 Å². The minimum Gasteiger partial charge on any atom is -0.380 e. The molecule has 0 aliphatic carbocycles. The van der Waals surface area contributed by atoms with Gasteiger partial charge in [-0.05, 0) is 32.0 Å². The summed E-state index contributed by atoms with van der Waals surface area (Å²) in [4.78, 5) is 29.1. The molecule has 3 rings (SSSR count). The van der Waals surface area contributed by atoms with Gasteiger partial charge in [-0.15, -0.1) is 0 Å². The van der Waals surface area contributed by atoms with Crippen molar-refractivity contribution in [3.8, 4) is 0 Å². The van der Waals surface area contributed by atoms with Crippen molar-refractivity contribution < 1.29 is 14.1 Å². The summed E-state index contributed by atoms with van der Waals surface area (Å²) < 4.78 is 12.0. The van der Waals surface area contributed by atoms with E-state index in [-0.39, 0.29) is 11.6 Å². The molecule has 2 aromatic heterocycles. The number of aryl methyl sites for hydroxylation is 1. The molecule has 8 nitrogen and oxygen atoms in total. The molecule has 0 aliphatic rings. The van der Waals surface area contributed by atoms with Gasteiger partial charge in [0.25, 0.3) is 5.91 Å². The predicted octanol–water partition coefficient (Wildman–Crippen LogP) is 1.93. The number of H-pyrrole nitrogens is 1. The standard InChI is InChI=1S/C18H22N4O4/c1-4-25-8-7-22-16-6-5-13(10-15(16)19-18(22)24)17(23)21(3)11-14-9-12(2)26-20-14/h5-6,9-10H,4,7-8,11H2,1-3H3,(H,19,24). The smallest absolute Gasteiger partial charge is 0.326 e. The number of benzene rings is 1. The fourth-order valence-corrected chi connectivity index (χ4v) is 2.85. The predicted molar refractivity (Wildman–Crippen MR) is 96.1 cm³/mol. The number of nitrogens with one attached hydrogen (secondary N) is 1. The van der Waals surface area contributed by atoms with Gasteiger partial charge in [-0.2, -0.15) is 0 Å². The lowest BCUT2D eigenvalue weighted by Gasteiger charge is -2.15. The van der Waals surface area contributed by atoms with Crippen molar-refractivity contribution in [3.05, 3.63) is 51.8 Å². The van der Waals surface area contributed by atoms with Crippen LogP contribution in [0.3, 0.4) is 0 Å². The third kappa shape index (κ3) is 3.70. The Morgan fingerprint density at radius 3 is 2.88 bits per heavy atom. The van der Waals surface area contributed by atoms with Gasteiger partial charge >= 0.3 is 5.69 Å². The molecule has 0 saturated carbocycles. The van der Waals surface area contributed by atoms with Crippen LogP contribution in [-0.2, 0) is 17.8 Å². The van der Waals surface area contributed by atoms with Gasteiger partial charge < -0.3 is 19.1 Å². The second kappa shape index (κ2) is 7.57. The lowest BCUT2D eigenvalue weighted by molar-refractivity contribution is 0.0782. The van der Waals surface area contributed by atoms with Crippen molar-refractivity contribution in [2.24, 2.45) is 0 Å². The number of amides is 1. The van der Waals surface area contributed by atoms with Gasteiger partial charge in [0.15, 0.2) is 0 Å². The lowest BCUT2D eigenvalue weighted by atomic mass is 10.1. The number of rotatable bonds is 7. The topological polar surface area (TPSA) is 93.4 Å². The van der Waals surface area contributed by atoms with E-state index in [2.05, 4.69) is 10.1 Å². The van der Waals surface area contributed by atoms with Crippen LogP contribution in [0.2, 0.25) is 0 Å². The van der Waals surface area contributed by atoms with Gasteiger partial charge in [0.1, 0.15) is 11.5 Å². The van der Waals surface area contributed by atoms with Crippen LogP contribution in [0.25, 0.3) is 11.0 Å². The average molecular weight is 358 g/mol. The molecule has 1 N–H and O–H groups in total. The molecule has 138 valence electrons. The zero-order valence-corrected chi connectivity index (χ0v) is 15.1. The molecule has 8 heteroatoms. The SMILES string of the molecule is CCOCCn1c(=O)[nH]c2cc(C(=O)N(C)Cc3cc(C)on3)ccc21. The molecule has 0 atom stereocenters. The Kier molecular flexibility index (Phi) is 5.22. The summed E-state index contributed by atoms with van der Waals surface area (Å²) in [5, 5.41) is 3.90. The number of fused-ring (bicyclic) bond motifs is 1. The van der Waals surface area contributed by atoms with Crippen molar-refractivity contribution in [2.45, 2.75) is 26.9 Å². The summed E-state index contributed by atoms with van der Waals surface area (Å²) in [7, 11) is 1.70. The van der Waals surface area contributed by atoms with E-state index in [4.69, 9.17) is 9.26 Å². The Morgan fingerprint density at radius 2 is 2.19 bits per heavy atom. The average Bonchev–Trinajstić information content (AvgIpc) is 3.16. The number of imidazole rings is 1. The fraction of sp³-hybridized carbons (Fsp3) is 0.389. The third-order valence-corrected chi connectivity index (χ3v) is 4.11. The first kappa shape index (κ1) is 17.9. The number of aromatic amines is 1. The van der Waals surface area contributed by atoms with Crippen LogP contribution < -0.4 is 5.69 Å². The maximum atomic E-state index is 12.7. The van der Waals surface area contributed by atoms with Crippen molar-refractivity contribution in [1.82, 2.24) is 19.6 Å². The molecule has 2 heterocycles. The van der Waals surface area contributed by atoms with E-state index in [9.17, 15) is 9.59 Å². The molecule has 0 fully saturated rings. The van der Waals surface area contributed by atoms with E-state index in [1.807, 2.05) is 6.92 Å². The van der Waals surface area contributed by atoms with Crippen LogP contribution in [0.5, 0.6) is 0 Å². The highest BCUT2D eigenvalue weighted by atomic mass is 16.5. The Balaban J connectivity index is 1.79. The summed E-state index contributed by atoms with van der Waals surface area (Å²) in [5.74, 6) is 0.545. The van der Waals surface area contributed by atoms with Crippen molar-refractivity contribution in [1.29, 1.82) is 0 Å². The minimum atomic E-state index is -0.212. The molecule has 1 amide bonds. The first-order chi connectivity index (χ1) is 12.5. The number of carbonyl (C=O) groups is 1. The molecule has 0 saturated heterocycles. The van der Waals surface area contributed by atoms with Crippen LogP contribution in [0.1, 0.15) is 28.7 Å². The molecular formula is C18H22N4O4. The number of carbonyl (C=O) groups excluding carboxylic acids is 1. The van der Waals surface area contributed by atoms with Crippen molar-refractivity contribution in [2.75, 3.05) is 20.3 Å². The highest BCUT2D eigenvalue weighted by molar-refractivity contribution is 5.97. The Morgan fingerprint density at radius 1 is 1.38 bits per heavy atom. The van der Waals surface area contributed by atoms with Crippen LogP contribution >= 0.6 is 0 Å². The second-order valence-corrected chi connectivity index (χ2v) is 6.10. The molecule has 0 spiro atoms. The molecule has 0 unspecified atom stereocenters. The van der Waals surface area contributed by atoms with Crippen molar-refractivity contribution in [3.63, 3.8) is 0 Å². The molecular weight excluding hydrogens is 336 g/mol. The van der Waals surface area contributed by atoms with Crippen LogP contribution in [0, 0.1) is 6.92 Å². The molecule has 1 aromatic carbocycles. The molecule has 26 heavy (non-hydrogen) atoms. The summed E-state index contributed by atoms with van der Waals surface area (Å²) in [5.41, 5.74) is 2.35. The largest absolute Gasteiger partial charge is 0.380 e. The third-order valence-electron chi connectivity index (χ3n) is 4.11. The van der Waals surface area contributed by atoms with Gasteiger partial charge in [-0.1, -0.05) is 5.16 Å². The van der Waals surface area contributed by atoms with Crippen LogP contribution in [0.15, 0.2) is 33.6 Å². The Bertz CT molecular complexity index is 969. The van der Waals surface area contributed by atoms with Gasteiger partial charge in [0, 0.05) is 25.3 Å². The van der Waals surface area contributed by atoms with E-state index in [1.165, 1.54) is 0 Å². The number of ether oxygens (including phenoxy) is 1. The number of hydrogen-bond acceptors (Lipinski definition) is 5. The van der Waals surface area contributed by atoms with Crippen LogP contribution in [-0.4, -0.2) is 45.8 Å². The lowest BCUT2D eigenvalue weighted by Crippen LogP contribution is -2.26. The van der Waals surface area contributed by atoms with Crippen molar-refractivity contribution >= 4 is 16.9 Å². The summed E-state index contributed by atoms with van der Waals surface area (Å²) in [6, 6.07) is 6.99. The second-order valence-electron chi connectivity index (χ2n) is 6.10. The first-order valence-electron chi connectivity index (χ1n) is 8.47. The molecule has 0 radical (unpaired) electrons. The summed E-state index contributed by atoms with van der Waals surface area (Å²) >= 11 is 0. The zero-order valence-electron chi connectivity index (χ0n) is 15.1. The maximum Gasteiger partial charge on any atom is 0.326 e. The zero-order chi connectivity index (χ0) is 18.7. The van der Waals surface area contributed by atoms with Crippen LogP contribution in [0.4, 0.5) is 0 Å². The Hall–Kier alpha value is -2.87. The number of hydrogen-bond donors (Lipinski definition) is 1. The van der Waals surface area contributed by atoms with Gasteiger partial charge in [0.05, 0.1) is 30.7 Å². The van der Waals surface area contributed by atoms with E-state index in [0.717, 1.165) is 5.52 Å². The molecule has 3 aromatic rings. The Labute approximate surface area is 150 Å². The highest BCUT2D eigenvalue weighted by Crippen LogP contribution is 2.15. The van der Waals surface area contributed by atoms with Gasteiger partial charge in [-0.3, -0.25) is 9.36 Å². The summed E-state index contributed by atoms with van der Waals surface area (Å²) in [6.45, 7) is 5.59. The fourth-order valence-electron chi connectivity index (χ4n) is 2.85. The highest BCUT2D eigenvalue weighted by Gasteiger charge is 2.16. The van der Waals surface area contributed by atoms with Gasteiger partial charge in [-0.25, -0.2) is 4.79 Å². The van der Waals surface area contributed by atoms with Gasteiger partial charge in [0.2, 0.25) is 0 Å². The molecule has 0 aliphatic heterocycles. The van der Waals surface area contributed by atoms with E-state index in [1.54, 1.807) is 47.7 Å². The number of nitrogens with zero attached hydrogens (tertiary/aromatic N) is 3. The number of aromatic nitrogens is 3. The minimum absolute atomic E-state index is 0.157. The molecule has 0 bridgehead atoms. The normalized spacial score (nSPS) is 11.2. The quantitative estimate of drug-likeness (QED) is 0.652.